The van der Waals surface area contributed by atoms with Crippen molar-refractivity contribution in [2.24, 2.45) is 17.6 Å². The highest BCUT2D eigenvalue weighted by Gasteiger charge is 2.41. The molecule has 128 valence electrons. The van der Waals surface area contributed by atoms with E-state index in [1.165, 1.54) is 6.42 Å². The molecule has 1 saturated carbocycles. The SMILES string of the molecule is Cc1cc(C)c(NC(=O)CN2CC3CCC(N)C3C2)c(Cl)c1.Cl. The Morgan fingerprint density at radius 1 is 1.35 bits per heavy atom. The summed E-state index contributed by atoms with van der Waals surface area (Å²) in [7, 11) is 0. The molecule has 1 amide bonds. The van der Waals surface area contributed by atoms with Crippen molar-refractivity contribution < 1.29 is 4.79 Å². The monoisotopic (exact) mass is 357 g/mol. The largest absolute Gasteiger partial charge is 0.327 e. The van der Waals surface area contributed by atoms with Crippen molar-refractivity contribution in [2.75, 3.05) is 25.0 Å². The molecule has 3 N–H and O–H groups in total. The molecule has 1 saturated heterocycles. The van der Waals surface area contributed by atoms with Gasteiger partial charge in [-0.15, -0.1) is 12.4 Å². The number of benzene rings is 1. The van der Waals surface area contributed by atoms with Crippen LogP contribution in [0.4, 0.5) is 5.69 Å². The molecule has 2 aliphatic rings. The van der Waals surface area contributed by atoms with E-state index in [-0.39, 0.29) is 18.3 Å². The fraction of sp³-hybridized carbons (Fsp3) is 0.588. The van der Waals surface area contributed by atoms with Crippen LogP contribution in [0.5, 0.6) is 0 Å². The van der Waals surface area contributed by atoms with E-state index in [1.807, 2.05) is 26.0 Å². The third kappa shape index (κ3) is 4.00. The minimum Gasteiger partial charge on any atom is -0.327 e. The number of hydrogen-bond acceptors (Lipinski definition) is 3. The van der Waals surface area contributed by atoms with E-state index in [0.717, 1.165) is 36.3 Å². The van der Waals surface area contributed by atoms with Gasteiger partial charge in [0.15, 0.2) is 0 Å². The highest BCUT2D eigenvalue weighted by atomic mass is 35.5. The van der Waals surface area contributed by atoms with Gasteiger partial charge in [0.1, 0.15) is 0 Å². The quantitative estimate of drug-likeness (QED) is 0.873. The molecule has 3 atom stereocenters. The molecule has 1 aromatic carbocycles. The van der Waals surface area contributed by atoms with Crippen molar-refractivity contribution in [3.05, 3.63) is 28.3 Å². The predicted molar refractivity (Wildman–Crippen MR) is 97.4 cm³/mol. The normalized spacial score (nSPS) is 26.7. The van der Waals surface area contributed by atoms with Gasteiger partial charge in [-0.1, -0.05) is 17.7 Å². The summed E-state index contributed by atoms with van der Waals surface area (Å²) >= 11 is 6.25. The van der Waals surface area contributed by atoms with Crippen LogP contribution in [-0.4, -0.2) is 36.5 Å². The van der Waals surface area contributed by atoms with Gasteiger partial charge < -0.3 is 11.1 Å². The van der Waals surface area contributed by atoms with Crippen LogP contribution >= 0.6 is 24.0 Å². The number of carbonyl (C=O) groups excluding carboxylic acids is 1. The Bertz CT molecular complexity index is 570. The average Bonchev–Trinajstić information content (AvgIpc) is 2.96. The summed E-state index contributed by atoms with van der Waals surface area (Å²) in [5.41, 5.74) is 8.97. The van der Waals surface area contributed by atoms with Crippen molar-refractivity contribution in [3.8, 4) is 0 Å². The van der Waals surface area contributed by atoms with E-state index in [9.17, 15) is 4.79 Å². The maximum absolute atomic E-state index is 12.3. The number of aryl methyl sites for hydroxylation is 2. The lowest BCUT2D eigenvalue weighted by Gasteiger charge is -2.18. The van der Waals surface area contributed by atoms with Crippen LogP contribution in [0.15, 0.2) is 12.1 Å². The Balaban J connectivity index is 0.00000192. The van der Waals surface area contributed by atoms with Crippen molar-refractivity contribution >= 4 is 35.6 Å². The molecule has 4 nitrogen and oxygen atoms in total. The number of halogens is 2. The number of anilines is 1. The molecule has 2 fully saturated rings. The molecule has 0 aromatic heterocycles. The molecule has 23 heavy (non-hydrogen) atoms. The average molecular weight is 358 g/mol. The van der Waals surface area contributed by atoms with Crippen LogP contribution in [0.3, 0.4) is 0 Å². The second-order valence-corrected chi connectivity index (χ2v) is 7.25. The molecule has 3 unspecified atom stereocenters. The van der Waals surface area contributed by atoms with Gasteiger partial charge in [-0.2, -0.15) is 0 Å². The summed E-state index contributed by atoms with van der Waals surface area (Å²) in [6.07, 6.45) is 2.33. The zero-order valence-corrected chi connectivity index (χ0v) is 15.2. The highest BCUT2D eigenvalue weighted by Crippen LogP contribution is 2.37. The number of nitrogens with one attached hydrogen (secondary N) is 1. The first-order valence-corrected chi connectivity index (χ1v) is 8.36. The van der Waals surface area contributed by atoms with Crippen molar-refractivity contribution in [1.82, 2.24) is 4.90 Å². The standard InChI is InChI=1S/C17H24ClN3O.ClH/c1-10-5-11(2)17(14(18)6-10)20-16(22)9-21-7-12-3-4-15(19)13(12)8-21;/h5-6,12-13,15H,3-4,7-9,19H2,1-2H3,(H,20,22);1H. The van der Waals surface area contributed by atoms with Crippen LogP contribution in [0.25, 0.3) is 0 Å². The molecule has 1 aliphatic heterocycles. The van der Waals surface area contributed by atoms with E-state index < -0.39 is 0 Å². The molecule has 0 spiro atoms. The summed E-state index contributed by atoms with van der Waals surface area (Å²) in [6, 6.07) is 4.22. The lowest BCUT2D eigenvalue weighted by atomic mass is 9.98. The lowest BCUT2D eigenvalue weighted by molar-refractivity contribution is -0.117. The molecular formula is C17H25Cl2N3O. The van der Waals surface area contributed by atoms with E-state index in [2.05, 4.69) is 10.2 Å². The Labute approximate surface area is 149 Å². The van der Waals surface area contributed by atoms with Crippen LogP contribution in [0, 0.1) is 25.7 Å². The van der Waals surface area contributed by atoms with Crippen LogP contribution < -0.4 is 11.1 Å². The first-order valence-electron chi connectivity index (χ1n) is 7.98. The van der Waals surface area contributed by atoms with E-state index in [4.69, 9.17) is 17.3 Å². The second-order valence-electron chi connectivity index (χ2n) is 6.85. The number of hydrogen-bond donors (Lipinski definition) is 2. The Morgan fingerprint density at radius 2 is 2.09 bits per heavy atom. The Kier molecular flexibility index (Phi) is 5.95. The number of rotatable bonds is 3. The van der Waals surface area contributed by atoms with Gasteiger partial charge >= 0.3 is 0 Å². The Morgan fingerprint density at radius 3 is 2.74 bits per heavy atom. The smallest absolute Gasteiger partial charge is 0.238 e. The maximum Gasteiger partial charge on any atom is 0.238 e. The van der Waals surface area contributed by atoms with Gasteiger partial charge in [-0.3, -0.25) is 9.69 Å². The second kappa shape index (κ2) is 7.39. The van der Waals surface area contributed by atoms with E-state index in [0.29, 0.717) is 29.4 Å². The number of likely N-dealkylation sites (tertiary alicyclic amines) is 1. The number of amides is 1. The minimum atomic E-state index is 0. The number of nitrogens with two attached hydrogens (primary N) is 1. The molecule has 0 bridgehead atoms. The zero-order valence-electron chi connectivity index (χ0n) is 13.6. The molecule has 6 heteroatoms. The molecule has 0 radical (unpaired) electrons. The summed E-state index contributed by atoms with van der Waals surface area (Å²) in [4.78, 5) is 14.5. The molecule has 1 heterocycles. The highest BCUT2D eigenvalue weighted by molar-refractivity contribution is 6.34. The van der Waals surface area contributed by atoms with Gasteiger partial charge in [-0.25, -0.2) is 0 Å². The Hall–Kier alpha value is -0.810. The fourth-order valence-corrected chi connectivity index (χ4v) is 4.35. The molecule has 3 rings (SSSR count). The van der Waals surface area contributed by atoms with Crippen LogP contribution in [0.2, 0.25) is 5.02 Å². The first-order chi connectivity index (χ1) is 10.4. The van der Waals surface area contributed by atoms with Crippen molar-refractivity contribution in [2.45, 2.75) is 32.7 Å². The van der Waals surface area contributed by atoms with Gasteiger partial charge in [-0.05, 0) is 55.7 Å². The van der Waals surface area contributed by atoms with Crippen LogP contribution in [-0.2, 0) is 4.79 Å². The summed E-state index contributed by atoms with van der Waals surface area (Å²) in [6.45, 7) is 6.32. The van der Waals surface area contributed by atoms with Gasteiger partial charge in [0, 0.05) is 19.1 Å². The maximum atomic E-state index is 12.3. The first kappa shape index (κ1) is 18.5. The van der Waals surface area contributed by atoms with Crippen LogP contribution in [0.1, 0.15) is 24.0 Å². The minimum absolute atomic E-state index is 0. The lowest BCUT2D eigenvalue weighted by Crippen LogP contribution is -2.34. The number of nitrogens with zero attached hydrogens (tertiary/aromatic N) is 1. The topological polar surface area (TPSA) is 58.4 Å². The molecule has 1 aromatic rings. The number of fused-ring (bicyclic) bond motifs is 1. The third-order valence-corrected chi connectivity index (χ3v) is 5.35. The fourth-order valence-electron chi connectivity index (χ4n) is 3.98. The van der Waals surface area contributed by atoms with Gasteiger partial charge in [0.05, 0.1) is 17.3 Å². The zero-order chi connectivity index (χ0) is 15.9. The molecular weight excluding hydrogens is 333 g/mol. The number of carbonyl (C=O) groups is 1. The predicted octanol–water partition coefficient (Wildman–Crippen LogP) is 2.99. The van der Waals surface area contributed by atoms with E-state index in [1.54, 1.807) is 0 Å². The third-order valence-electron chi connectivity index (χ3n) is 5.05. The molecule has 1 aliphatic carbocycles. The van der Waals surface area contributed by atoms with Crippen molar-refractivity contribution in [3.63, 3.8) is 0 Å². The summed E-state index contributed by atoms with van der Waals surface area (Å²) < 4.78 is 0. The summed E-state index contributed by atoms with van der Waals surface area (Å²) in [5, 5.41) is 3.57. The van der Waals surface area contributed by atoms with Gasteiger partial charge in [0.2, 0.25) is 5.91 Å². The summed E-state index contributed by atoms with van der Waals surface area (Å²) in [5.74, 6) is 1.24. The van der Waals surface area contributed by atoms with Gasteiger partial charge in [0.25, 0.3) is 0 Å². The van der Waals surface area contributed by atoms with Crippen molar-refractivity contribution in [1.29, 1.82) is 0 Å². The van der Waals surface area contributed by atoms with E-state index >= 15 is 0 Å².